The van der Waals surface area contributed by atoms with Gasteiger partial charge in [0.1, 0.15) is 0 Å². The van der Waals surface area contributed by atoms with Crippen LogP contribution in [0, 0.1) is 0 Å². The topological polar surface area (TPSA) is 58.5 Å². The van der Waals surface area contributed by atoms with E-state index in [0.29, 0.717) is 12.6 Å². The van der Waals surface area contributed by atoms with Crippen molar-refractivity contribution >= 4 is 5.96 Å². The standard InChI is InChI=1S/C16H26N4O/c1-17-16(20-13-14-7-4-5-10-18-14)19-11-6-12-21-15-8-2-3-9-15/h4-5,7,10,15H,2-3,6,8-9,11-13H2,1H3,(H2,17,19,20). The number of ether oxygens (including phenoxy) is 1. The van der Waals surface area contributed by atoms with Gasteiger partial charge < -0.3 is 15.4 Å². The molecule has 2 N–H and O–H groups in total. The molecule has 0 amide bonds. The van der Waals surface area contributed by atoms with Crippen molar-refractivity contribution in [2.75, 3.05) is 20.2 Å². The van der Waals surface area contributed by atoms with E-state index in [-0.39, 0.29) is 0 Å². The highest BCUT2D eigenvalue weighted by molar-refractivity contribution is 5.79. The van der Waals surface area contributed by atoms with Gasteiger partial charge in [-0.15, -0.1) is 0 Å². The molecule has 0 aliphatic heterocycles. The number of rotatable bonds is 7. The maximum Gasteiger partial charge on any atom is 0.191 e. The molecule has 1 saturated carbocycles. The predicted molar refractivity (Wildman–Crippen MR) is 85.3 cm³/mol. The molecule has 2 rings (SSSR count). The first-order chi connectivity index (χ1) is 10.4. The molecular weight excluding hydrogens is 264 g/mol. The average molecular weight is 290 g/mol. The second-order valence-corrected chi connectivity index (χ2v) is 5.30. The number of hydrogen-bond donors (Lipinski definition) is 2. The van der Waals surface area contributed by atoms with Crippen molar-refractivity contribution in [3.8, 4) is 0 Å². The summed E-state index contributed by atoms with van der Waals surface area (Å²) in [5.74, 6) is 0.807. The van der Waals surface area contributed by atoms with Gasteiger partial charge in [-0.2, -0.15) is 0 Å². The summed E-state index contributed by atoms with van der Waals surface area (Å²) < 4.78 is 5.84. The first-order valence-electron chi connectivity index (χ1n) is 7.84. The summed E-state index contributed by atoms with van der Waals surface area (Å²) in [6, 6.07) is 5.90. The van der Waals surface area contributed by atoms with Gasteiger partial charge in [-0.25, -0.2) is 0 Å². The Bertz CT molecular complexity index is 416. The molecule has 0 spiro atoms. The Kier molecular flexibility index (Phi) is 7.01. The molecule has 116 valence electrons. The Morgan fingerprint density at radius 1 is 1.33 bits per heavy atom. The zero-order chi connectivity index (χ0) is 14.8. The van der Waals surface area contributed by atoms with Gasteiger partial charge in [-0.1, -0.05) is 18.9 Å². The van der Waals surface area contributed by atoms with E-state index in [1.807, 2.05) is 18.2 Å². The number of aromatic nitrogens is 1. The third kappa shape index (κ3) is 6.12. The van der Waals surface area contributed by atoms with Gasteiger partial charge >= 0.3 is 0 Å². The van der Waals surface area contributed by atoms with Crippen LogP contribution in [0.5, 0.6) is 0 Å². The first kappa shape index (κ1) is 15.8. The molecule has 0 bridgehead atoms. The Labute approximate surface area is 127 Å². The molecule has 1 aliphatic rings. The van der Waals surface area contributed by atoms with Gasteiger partial charge in [0.2, 0.25) is 0 Å². The van der Waals surface area contributed by atoms with Crippen LogP contribution in [-0.4, -0.2) is 37.2 Å². The van der Waals surface area contributed by atoms with Gasteiger partial charge in [0, 0.05) is 26.4 Å². The normalized spacial score (nSPS) is 16.1. The molecule has 1 fully saturated rings. The third-order valence-electron chi connectivity index (χ3n) is 3.66. The number of pyridine rings is 1. The van der Waals surface area contributed by atoms with Crippen LogP contribution in [0.1, 0.15) is 37.8 Å². The predicted octanol–water partition coefficient (Wildman–Crippen LogP) is 2.10. The SMILES string of the molecule is CN=C(NCCCOC1CCCC1)NCc1ccccn1. The first-order valence-corrected chi connectivity index (χ1v) is 7.84. The van der Waals surface area contributed by atoms with Crippen LogP contribution < -0.4 is 10.6 Å². The van der Waals surface area contributed by atoms with Gasteiger partial charge in [0.15, 0.2) is 5.96 Å². The number of nitrogens with one attached hydrogen (secondary N) is 2. The lowest BCUT2D eigenvalue weighted by Gasteiger charge is -2.13. The molecule has 1 heterocycles. The molecule has 5 heteroatoms. The molecule has 0 unspecified atom stereocenters. The van der Waals surface area contributed by atoms with Gasteiger partial charge in [0.25, 0.3) is 0 Å². The lowest BCUT2D eigenvalue weighted by atomic mass is 10.3. The van der Waals surface area contributed by atoms with Crippen molar-refractivity contribution in [3.63, 3.8) is 0 Å². The van der Waals surface area contributed by atoms with Gasteiger partial charge in [-0.05, 0) is 31.4 Å². The molecule has 21 heavy (non-hydrogen) atoms. The number of hydrogen-bond acceptors (Lipinski definition) is 3. The van der Waals surface area contributed by atoms with Gasteiger partial charge in [0.05, 0.1) is 18.3 Å². The van der Waals surface area contributed by atoms with Crippen molar-refractivity contribution < 1.29 is 4.74 Å². The smallest absolute Gasteiger partial charge is 0.191 e. The minimum atomic E-state index is 0.506. The summed E-state index contributed by atoms with van der Waals surface area (Å²) in [5, 5.41) is 6.55. The highest BCUT2D eigenvalue weighted by atomic mass is 16.5. The van der Waals surface area contributed by atoms with E-state index in [1.165, 1.54) is 25.7 Å². The van der Waals surface area contributed by atoms with Crippen molar-refractivity contribution in [3.05, 3.63) is 30.1 Å². The Hall–Kier alpha value is -1.62. The molecule has 0 radical (unpaired) electrons. The Morgan fingerprint density at radius 2 is 2.19 bits per heavy atom. The largest absolute Gasteiger partial charge is 0.378 e. The molecule has 5 nitrogen and oxygen atoms in total. The zero-order valence-electron chi connectivity index (χ0n) is 12.8. The molecule has 1 aromatic rings. The molecule has 1 aromatic heterocycles. The maximum atomic E-state index is 5.84. The Morgan fingerprint density at radius 3 is 2.90 bits per heavy atom. The van der Waals surface area contributed by atoms with Crippen molar-refractivity contribution in [2.24, 2.45) is 4.99 Å². The molecule has 0 atom stereocenters. The van der Waals surface area contributed by atoms with Crippen molar-refractivity contribution in [1.82, 2.24) is 15.6 Å². The third-order valence-corrected chi connectivity index (χ3v) is 3.66. The lowest BCUT2D eigenvalue weighted by Crippen LogP contribution is -2.37. The summed E-state index contributed by atoms with van der Waals surface area (Å²) in [5.41, 5.74) is 1.00. The average Bonchev–Trinajstić information content (AvgIpc) is 3.04. The van der Waals surface area contributed by atoms with E-state index in [1.54, 1.807) is 13.2 Å². The molecule has 0 saturated heterocycles. The number of guanidine groups is 1. The van der Waals surface area contributed by atoms with Crippen LogP contribution in [0.3, 0.4) is 0 Å². The number of aliphatic imine (C=N–C) groups is 1. The Balaban J connectivity index is 1.55. The summed E-state index contributed by atoms with van der Waals surface area (Å²) in [6.45, 7) is 2.38. The second-order valence-electron chi connectivity index (χ2n) is 5.30. The van der Waals surface area contributed by atoms with Crippen LogP contribution in [0.4, 0.5) is 0 Å². The molecule has 0 aromatic carbocycles. The summed E-state index contributed by atoms with van der Waals surface area (Å²) >= 11 is 0. The summed E-state index contributed by atoms with van der Waals surface area (Å²) in [4.78, 5) is 8.48. The van der Waals surface area contributed by atoms with Crippen LogP contribution in [0.25, 0.3) is 0 Å². The van der Waals surface area contributed by atoms with E-state index in [0.717, 1.165) is 31.2 Å². The van der Waals surface area contributed by atoms with E-state index >= 15 is 0 Å². The van der Waals surface area contributed by atoms with Crippen LogP contribution in [0.2, 0.25) is 0 Å². The quantitative estimate of drug-likeness (QED) is 0.459. The van der Waals surface area contributed by atoms with E-state index < -0.39 is 0 Å². The van der Waals surface area contributed by atoms with Crippen LogP contribution in [-0.2, 0) is 11.3 Å². The van der Waals surface area contributed by atoms with Crippen LogP contribution in [0.15, 0.2) is 29.4 Å². The van der Waals surface area contributed by atoms with Crippen molar-refractivity contribution in [2.45, 2.75) is 44.8 Å². The fraction of sp³-hybridized carbons (Fsp3) is 0.625. The van der Waals surface area contributed by atoms with Crippen molar-refractivity contribution in [1.29, 1.82) is 0 Å². The minimum Gasteiger partial charge on any atom is -0.378 e. The fourth-order valence-corrected chi connectivity index (χ4v) is 2.48. The highest BCUT2D eigenvalue weighted by Gasteiger charge is 2.14. The number of nitrogens with zero attached hydrogens (tertiary/aromatic N) is 2. The minimum absolute atomic E-state index is 0.506. The lowest BCUT2D eigenvalue weighted by molar-refractivity contribution is 0.0574. The van der Waals surface area contributed by atoms with Gasteiger partial charge in [-0.3, -0.25) is 9.98 Å². The fourth-order valence-electron chi connectivity index (χ4n) is 2.48. The van der Waals surface area contributed by atoms with E-state index in [4.69, 9.17) is 4.74 Å². The highest BCUT2D eigenvalue weighted by Crippen LogP contribution is 2.20. The summed E-state index contributed by atoms with van der Waals surface area (Å²) in [6.07, 6.45) is 8.43. The van der Waals surface area contributed by atoms with Crippen LogP contribution >= 0.6 is 0 Å². The molecule has 1 aliphatic carbocycles. The monoisotopic (exact) mass is 290 g/mol. The zero-order valence-corrected chi connectivity index (χ0v) is 12.8. The summed E-state index contributed by atoms with van der Waals surface area (Å²) in [7, 11) is 1.78. The molecular formula is C16H26N4O. The second kappa shape index (κ2) is 9.34. The van der Waals surface area contributed by atoms with E-state index in [9.17, 15) is 0 Å². The maximum absolute atomic E-state index is 5.84. The van der Waals surface area contributed by atoms with E-state index in [2.05, 4.69) is 20.6 Å².